The van der Waals surface area contributed by atoms with E-state index in [0.29, 0.717) is 5.92 Å². The molecular weight excluding hydrogens is 248 g/mol. The standard InChI is InChI=1S/C17H26N2O/c1-3-16(15-9-5-4-6-10-15)17(20)19(2)13-14-8-7-11-18-12-14/h4-6,9-10,14,16,18H,3,7-8,11-13H2,1-2H3. The fourth-order valence-corrected chi connectivity index (χ4v) is 3.06. The zero-order valence-corrected chi connectivity index (χ0v) is 12.6. The van der Waals surface area contributed by atoms with Crippen LogP contribution >= 0.6 is 0 Å². The summed E-state index contributed by atoms with van der Waals surface area (Å²) in [5.74, 6) is 0.855. The third-order valence-electron chi connectivity index (χ3n) is 4.22. The highest BCUT2D eigenvalue weighted by Gasteiger charge is 2.24. The molecule has 1 saturated heterocycles. The van der Waals surface area contributed by atoms with Crippen LogP contribution in [-0.4, -0.2) is 37.5 Å². The summed E-state index contributed by atoms with van der Waals surface area (Å²) >= 11 is 0. The molecule has 110 valence electrons. The van der Waals surface area contributed by atoms with Gasteiger partial charge in [-0.2, -0.15) is 0 Å². The maximum absolute atomic E-state index is 12.7. The first-order chi connectivity index (χ1) is 9.72. The van der Waals surface area contributed by atoms with Crippen molar-refractivity contribution in [3.63, 3.8) is 0 Å². The first-order valence-corrected chi connectivity index (χ1v) is 7.73. The molecule has 1 amide bonds. The molecular formula is C17H26N2O. The van der Waals surface area contributed by atoms with Gasteiger partial charge in [-0.25, -0.2) is 0 Å². The Morgan fingerprint density at radius 3 is 2.75 bits per heavy atom. The van der Waals surface area contributed by atoms with Crippen molar-refractivity contribution in [2.45, 2.75) is 32.1 Å². The Labute approximate surface area is 122 Å². The molecule has 1 aromatic rings. The van der Waals surface area contributed by atoms with E-state index in [2.05, 4.69) is 24.4 Å². The smallest absolute Gasteiger partial charge is 0.229 e. The number of nitrogens with zero attached hydrogens (tertiary/aromatic N) is 1. The molecule has 0 aromatic heterocycles. The third-order valence-corrected chi connectivity index (χ3v) is 4.22. The first kappa shape index (κ1) is 15.0. The molecule has 3 nitrogen and oxygen atoms in total. The van der Waals surface area contributed by atoms with Crippen LogP contribution in [0.3, 0.4) is 0 Å². The average Bonchev–Trinajstić information content (AvgIpc) is 2.50. The molecule has 20 heavy (non-hydrogen) atoms. The average molecular weight is 274 g/mol. The van der Waals surface area contributed by atoms with E-state index in [4.69, 9.17) is 0 Å². The molecule has 2 unspecified atom stereocenters. The highest BCUT2D eigenvalue weighted by Crippen LogP contribution is 2.22. The Bertz CT molecular complexity index is 412. The van der Waals surface area contributed by atoms with Crippen LogP contribution in [0.15, 0.2) is 30.3 Å². The van der Waals surface area contributed by atoms with E-state index in [9.17, 15) is 4.79 Å². The minimum Gasteiger partial charge on any atom is -0.345 e. The van der Waals surface area contributed by atoms with Gasteiger partial charge in [-0.15, -0.1) is 0 Å². The fourth-order valence-electron chi connectivity index (χ4n) is 3.06. The van der Waals surface area contributed by atoms with Crippen LogP contribution in [0.5, 0.6) is 0 Å². The van der Waals surface area contributed by atoms with Crippen LogP contribution in [0.1, 0.15) is 37.7 Å². The molecule has 0 aliphatic carbocycles. The molecule has 1 aromatic carbocycles. The minimum atomic E-state index is -0.00208. The molecule has 2 rings (SSSR count). The van der Waals surface area contributed by atoms with Gasteiger partial charge in [0.05, 0.1) is 5.92 Å². The van der Waals surface area contributed by atoms with Gasteiger partial charge < -0.3 is 10.2 Å². The predicted molar refractivity (Wildman–Crippen MR) is 82.7 cm³/mol. The second kappa shape index (κ2) is 7.44. The van der Waals surface area contributed by atoms with E-state index >= 15 is 0 Å². The van der Waals surface area contributed by atoms with Gasteiger partial charge in [0.2, 0.25) is 5.91 Å². The van der Waals surface area contributed by atoms with Crippen LogP contribution in [-0.2, 0) is 4.79 Å². The van der Waals surface area contributed by atoms with Crippen molar-refractivity contribution >= 4 is 5.91 Å². The van der Waals surface area contributed by atoms with E-state index in [1.807, 2.05) is 30.1 Å². The topological polar surface area (TPSA) is 32.3 Å². The van der Waals surface area contributed by atoms with Gasteiger partial charge in [0.1, 0.15) is 0 Å². The van der Waals surface area contributed by atoms with Crippen LogP contribution in [0.4, 0.5) is 0 Å². The van der Waals surface area contributed by atoms with Gasteiger partial charge in [-0.05, 0) is 43.8 Å². The maximum Gasteiger partial charge on any atom is 0.229 e. The lowest BCUT2D eigenvalue weighted by molar-refractivity contribution is -0.132. The number of carbonyl (C=O) groups is 1. The summed E-state index contributed by atoms with van der Waals surface area (Å²) in [5, 5.41) is 3.42. The first-order valence-electron chi connectivity index (χ1n) is 7.73. The van der Waals surface area contributed by atoms with Crippen molar-refractivity contribution in [2.24, 2.45) is 5.92 Å². The van der Waals surface area contributed by atoms with Crippen molar-refractivity contribution in [1.29, 1.82) is 0 Å². The molecule has 1 aliphatic heterocycles. The predicted octanol–water partition coefficient (Wildman–Crippen LogP) is 2.64. The highest BCUT2D eigenvalue weighted by atomic mass is 16.2. The summed E-state index contributed by atoms with van der Waals surface area (Å²) in [6.45, 7) is 5.12. The second-order valence-electron chi connectivity index (χ2n) is 5.80. The quantitative estimate of drug-likeness (QED) is 0.895. The number of amides is 1. The molecule has 0 bridgehead atoms. The molecule has 3 heteroatoms. The summed E-state index contributed by atoms with van der Waals surface area (Å²) in [5.41, 5.74) is 1.13. The highest BCUT2D eigenvalue weighted by molar-refractivity contribution is 5.83. The Hall–Kier alpha value is -1.35. The summed E-state index contributed by atoms with van der Waals surface area (Å²) in [7, 11) is 1.95. The lowest BCUT2D eigenvalue weighted by Gasteiger charge is -2.30. The molecule has 1 aliphatic rings. The van der Waals surface area contributed by atoms with E-state index in [-0.39, 0.29) is 11.8 Å². The van der Waals surface area contributed by atoms with Gasteiger partial charge in [-0.1, -0.05) is 37.3 Å². The van der Waals surface area contributed by atoms with Gasteiger partial charge >= 0.3 is 0 Å². The van der Waals surface area contributed by atoms with Crippen molar-refractivity contribution in [3.05, 3.63) is 35.9 Å². The molecule has 2 atom stereocenters. The second-order valence-corrected chi connectivity index (χ2v) is 5.80. The number of likely N-dealkylation sites (N-methyl/N-ethyl adjacent to an activating group) is 1. The lowest BCUT2D eigenvalue weighted by Crippen LogP contribution is -2.40. The Balaban J connectivity index is 1.97. The number of hydrogen-bond acceptors (Lipinski definition) is 2. The molecule has 1 N–H and O–H groups in total. The number of carbonyl (C=O) groups excluding carboxylic acids is 1. The number of piperidine rings is 1. The minimum absolute atomic E-state index is 0.00208. The monoisotopic (exact) mass is 274 g/mol. The van der Waals surface area contributed by atoms with E-state index in [1.54, 1.807) is 0 Å². The van der Waals surface area contributed by atoms with Gasteiger partial charge in [0, 0.05) is 13.6 Å². The Kier molecular flexibility index (Phi) is 5.60. The zero-order chi connectivity index (χ0) is 14.4. The number of benzene rings is 1. The van der Waals surface area contributed by atoms with Crippen LogP contribution in [0.25, 0.3) is 0 Å². The summed E-state index contributed by atoms with van der Waals surface area (Å²) in [6, 6.07) is 10.1. The number of rotatable bonds is 5. The van der Waals surface area contributed by atoms with Crippen molar-refractivity contribution < 1.29 is 4.79 Å². The SMILES string of the molecule is CCC(C(=O)N(C)CC1CCCNC1)c1ccccc1. The van der Waals surface area contributed by atoms with Crippen molar-refractivity contribution in [2.75, 3.05) is 26.7 Å². The van der Waals surface area contributed by atoms with Crippen LogP contribution in [0, 0.1) is 5.92 Å². The van der Waals surface area contributed by atoms with E-state index in [0.717, 1.165) is 31.6 Å². The Morgan fingerprint density at radius 1 is 1.40 bits per heavy atom. The fraction of sp³-hybridized carbons (Fsp3) is 0.588. The molecule has 1 fully saturated rings. The normalized spacial score (nSPS) is 20.4. The molecule has 1 heterocycles. The van der Waals surface area contributed by atoms with Crippen molar-refractivity contribution in [1.82, 2.24) is 10.2 Å². The van der Waals surface area contributed by atoms with Gasteiger partial charge in [-0.3, -0.25) is 4.79 Å². The number of hydrogen-bond donors (Lipinski definition) is 1. The third kappa shape index (κ3) is 3.83. The lowest BCUT2D eigenvalue weighted by atomic mass is 9.94. The van der Waals surface area contributed by atoms with Gasteiger partial charge in [0.25, 0.3) is 0 Å². The number of nitrogens with one attached hydrogen (secondary N) is 1. The maximum atomic E-state index is 12.7. The molecule has 0 spiro atoms. The van der Waals surface area contributed by atoms with E-state index < -0.39 is 0 Å². The van der Waals surface area contributed by atoms with Crippen molar-refractivity contribution in [3.8, 4) is 0 Å². The molecule has 0 saturated carbocycles. The summed E-state index contributed by atoms with van der Waals surface area (Å²) < 4.78 is 0. The summed E-state index contributed by atoms with van der Waals surface area (Å²) in [6.07, 6.45) is 3.31. The zero-order valence-electron chi connectivity index (χ0n) is 12.6. The largest absolute Gasteiger partial charge is 0.345 e. The Morgan fingerprint density at radius 2 is 2.15 bits per heavy atom. The van der Waals surface area contributed by atoms with Crippen LogP contribution in [0.2, 0.25) is 0 Å². The van der Waals surface area contributed by atoms with E-state index in [1.165, 1.54) is 12.8 Å². The summed E-state index contributed by atoms with van der Waals surface area (Å²) in [4.78, 5) is 14.6. The van der Waals surface area contributed by atoms with Crippen LogP contribution < -0.4 is 5.32 Å². The molecule has 0 radical (unpaired) electrons. The van der Waals surface area contributed by atoms with Gasteiger partial charge in [0.15, 0.2) is 0 Å².